The SMILES string of the molecule is COc1cccc(P)c1CN1CCCCC1. The summed E-state index contributed by atoms with van der Waals surface area (Å²) in [6.07, 6.45) is 4.05. The Morgan fingerprint density at radius 1 is 1.25 bits per heavy atom. The van der Waals surface area contributed by atoms with E-state index in [-0.39, 0.29) is 0 Å². The zero-order valence-electron chi connectivity index (χ0n) is 9.91. The first kappa shape index (κ1) is 11.9. The molecule has 16 heavy (non-hydrogen) atoms. The van der Waals surface area contributed by atoms with Gasteiger partial charge in [0.2, 0.25) is 0 Å². The molecular weight excluding hydrogens is 217 g/mol. The van der Waals surface area contributed by atoms with Crippen molar-refractivity contribution in [3.63, 3.8) is 0 Å². The third-order valence-electron chi connectivity index (χ3n) is 3.22. The molecule has 1 aromatic rings. The lowest BCUT2D eigenvalue weighted by atomic mass is 10.1. The van der Waals surface area contributed by atoms with Crippen LogP contribution in [0.5, 0.6) is 5.75 Å². The molecule has 1 aliphatic heterocycles. The summed E-state index contributed by atoms with van der Waals surface area (Å²) in [5.74, 6) is 1.01. The number of likely N-dealkylation sites (tertiary alicyclic amines) is 1. The van der Waals surface area contributed by atoms with Gasteiger partial charge in [-0.15, -0.1) is 9.24 Å². The quantitative estimate of drug-likeness (QED) is 0.747. The molecule has 0 saturated carbocycles. The first-order valence-corrected chi connectivity index (χ1v) is 6.52. The second kappa shape index (κ2) is 5.65. The van der Waals surface area contributed by atoms with Crippen molar-refractivity contribution in [2.24, 2.45) is 0 Å². The molecular formula is C13H20NOP. The van der Waals surface area contributed by atoms with Crippen molar-refractivity contribution in [1.29, 1.82) is 0 Å². The van der Waals surface area contributed by atoms with Crippen molar-refractivity contribution in [2.45, 2.75) is 25.8 Å². The Kier molecular flexibility index (Phi) is 4.20. The average Bonchev–Trinajstić information content (AvgIpc) is 2.33. The Morgan fingerprint density at radius 2 is 2.00 bits per heavy atom. The van der Waals surface area contributed by atoms with E-state index in [1.807, 2.05) is 12.1 Å². The fraction of sp³-hybridized carbons (Fsp3) is 0.538. The number of hydrogen-bond donors (Lipinski definition) is 0. The Labute approximate surface area is 100 Å². The topological polar surface area (TPSA) is 12.5 Å². The molecule has 0 N–H and O–H groups in total. The number of hydrogen-bond acceptors (Lipinski definition) is 2. The molecule has 0 spiro atoms. The zero-order valence-corrected chi connectivity index (χ0v) is 11.1. The van der Waals surface area contributed by atoms with Crippen LogP contribution < -0.4 is 10.0 Å². The van der Waals surface area contributed by atoms with Gasteiger partial charge in [0.15, 0.2) is 0 Å². The lowest BCUT2D eigenvalue weighted by molar-refractivity contribution is 0.219. The number of ether oxygens (including phenoxy) is 1. The monoisotopic (exact) mass is 237 g/mol. The minimum Gasteiger partial charge on any atom is -0.496 e. The fourth-order valence-corrected chi connectivity index (χ4v) is 2.63. The Morgan fingerprint density at radius 3 is 2.69 bits per heavy atom. The molecule has 2 nitrogen and oxygen atoms in total. The number of nitrogens with zero attached hydrogens (tertiary/aromatic N) is 1. The lowest BCUT2D eigenvalue weighted by Gasteiger charge is -2.27. The van der Waals surface area contributed by atoms with E-state index in [2.05, 4.69) is 20.2 Å². The van der Waals surface area contributed by atoms with Crippen LogP contribution in [0.15, 0.2) is 18.2 Å². The Hall–Kier alpha value is -0.590. The van der Waals surface area contributed by atoms with E-state index in [4.69, 9.17) is 4.74 Å². The van der Waals surface area contributed by atoms with Gasteiger partial charge in [-0.2, -0.15) is 0 Å². The van der Waals surface area contributed by atoms with Crippen LogP contribution >= 0.6 is 9.24 Å². The van der Waals surface area contributed by atoms with Gasteiger partial charge in [-0.3, -0.25) is 4.90 Å². The molecule has 1 fully saturated rings. The van der Waals surface area contributed by atoms with Gasteiger partial charge in [0, 0.05) is 12.1 Å². The van der Waals surface area contributed by atoms with Gasteiger partial charge in [-0.25, -0.2) is 0 Å². The van der Waals surface area contributed by atoms with Gasteiger partial charge in [0.05, 0.1) is 7.11 Å². The van der Waals surface area contributed by atoms with Crippen LogP contribution in [0, 0.1) is 0 Å². The van der Waals surface area contributed by atoms with Gasteiger partial charge in [0.1, 0.15) is 5.75 Å². The summed E-state index contributed by atoms with van der Waals surface area (Å²) in [5.41, 5.74) is 1.32. The van der Waals surface area contributed by atoms with E-state index in [9.17, 15) is 0 Å². The maximum atomic E-state index is 5.43. The molecule has 88 valence electrons. The van der Waals surface area contributed by atoms with Crippen LogP contribution in [-0.2, 0) is 6.54 Å². The van der Waals surface area contributed by atoms with Crippen molar-refractivity contribution in [3.05, 3.63) is 23.8 Å². The summed E-state index contributed by atoms with van der Waals surface area (Å²) >= 11 is 0. The minimum absolute atomic E-state index is 1.01. The van der Waals surface area contributed by atoms with Crippen LogP contribution in [-0.4, -0.2) is 25.1 Å². The summed E-state index contributed by atoms with van der Waals surface area (Å²) in [6.45, 7) is 3.47. The van der Waals surface area contributed by atoms with Crippen molar-refractivity contribution in [2.75, 3.05) is 20.2 Å². The number of rotatable bonds is 3. The van der Waals surface area contributed by atoms with Crippen LogP contribution in [0.3, 0.4) is 0 Å². The molecule has 3 heteroatoms. The van der Waals surface area contributed by atoms with Gasteiger partial charge < -0.3 is 4.74 Å². The normalized spacial score (nSPS) is 17.4. The fourth-order valence-electron chi connectivity index (χ4n) is 2.28. The third kappa shape index (κ3) is 2.75. The van der Waals surface area contributed by atoms with Gasteiger partial charge in [-0.05, 0) is 37.3 Å². The highest BCUT2D eigenvalue weighted by molar-refractivity contribution is 7.27. The third-order valence-corrected chi connectivity index (χ3v) is 3.76. The highest BCUT2D eigenvalue weighted by atomic mass is 31.0. The first-order chi connectivity index (χ1) is 7.81. The molecule has 2 rings (SSSR count). The van der Waals surface area contributed by atoms with Gasteiger partial charge >= 0.3 is 0 Å². The molecule has 1 saturated heterocycles. The predicted molar refractivity (Wildman–Crippen MR) is 71.5 cm³/mol. The molecule has 0 bridgehead atoms. The second-order valence-corrected chi connectivity index (χ2v) is 4.99. The summed E-state index contributed by atoms with van der Waals surface area (Å²) in [6, 6.07) is 6.22. The largest absolute Gasteiger partial charge is 0.496 e. The zero-order chi connectivity index (χ0) is 11.4. The molecule has 0 radical (unpaired) electrons. The Bertz CT molecular complexity index is 348. The summed E-state index contributed by atoms with van der Waals surface area (Å²) in [7, 11) is 4.56. The standard InChI is InChI=1S/C13H20NOP/c1-15-12-6-5-7-13(16)11(12)10-14-8-3-2-4-9-14/h5-7H,2-4,8-10,16H2,1H3. The molecule has 1 heterocycles. The predicted octanol–water partition coefficient (Wildman–Crippen LogP) is 2.18. The Balaban J connectivity index is 2.12. The lowest BCUT2D eigenvalue weighted by Crippen LogP contribution is -2.30. The average molecular weight is 237 g/mol. The summed E-state index contributed by atoms with van der Waals surface area (Å²) in [5, 5.41) is 1.25. The first-order valence-electron chi connectivity index (χ1n) is 5.95. The van der Waals surface area contributed by atoms with E-state index in [0.29, 0.717) is 0 Å². The molecule has 0 aliphatic carbocycles. The smallest absolute Gasteiger partial charge is 0.123 e. The summed E-state index contributed by atoms with van der Waals surface area (Å²) < 4.78 is 5.43. The van der Waals surface area contributed by atoms with Crippen LogP contribution in [0.1, 0.15) is 24.8 Å². The van der Waals surface area contributed by atoms with Crippen molar-refractivity contribution >= 4 is 14.5 Å². The maximum absolute atomic E-state index is 5.43. The molecule has 1 aliphatic rings. The molecule has 0 aromatic heterocycles. The highest BCUT2D eigenvalue weighted by Crippen LogP contribution is 2.21. The second-order valence-electron chi connectivity index (χ2n) is 4.36. The van der Waals surface area contributed by atoms with E-state index < -0.39 is 0 Å². The molecule has 0 amide bonds. The van der Waals surface area contributed by atoms with Crippen molar-refractivity contribution < 1.29 is 4.74 Å². The number of piperidine rings is 1. The highest BCUT2D eigenvalue weighted by Gasteiger charge is 2.14. The van der Waals surface area contributed by atoms with E-state index >= 15 is 0 Å². The van der Waals surface area contributed by atoms with Crippen LogP contribution in [0.2, 0.25) is 0 Å². The minimum atomic E-state index is 1.01. The van der Waals surface area contributed by atoms with Crippen molar-refractivity contribution in [3.8, 4) is 5.75 Å². The summed E-state index contributed by atoms with van der Waals surface area (Å²) in [4.78, 5) is 2.52. The van der Waals surface area contributed by atoms with Crippen LogP contribution in [0.25, 0.3) is 0 Å². The molecule has 1 atom stereocenters. The van der Waals surface area contributed by atoms with Gasteiger partial charge in [0.25, 0.3) is 0 Å². The van der Waals surface area contributed by atoms with E-state index in [0.717, 1.165) is 12.3 Å². The van der Waals surface area contributed by atoms with E-state index in [1.54, 1.807) is 7.11 Å². The molecule has 1 unspecified atom stereocenters. The number of methoxy groups -OCH3 is 1. The van der Waals surface area contributed by atoms with E-state index in [1.165, 1.54) is 43.2 Å². The van der Waals surface area contributed by atoms with Crippen molar-refractivity contribution in [1.82, 2.24) is 4.90 Å². The molecule has 1 aromatic carbocycles. The maximum Gasteiger partial charge on any atom is 0.123 e. The van der Waals surface area contributed by atoms with Crippen LogP contribution in [0.4, 0.5) is 0 Å². The van der Waals surface area contributed by atoms with Gasteiger partial charge in [-0.1, -0.05) is 18.6 Å². The number of benzene rings is 1.